The molecule has 1 aliphatic carbocycles. The average molecular weight is 591 g/mol. The summed E-state index contributed by atoms with van der Waals surface area (Å²) >= 11 is 6.20. The van der Waals surface area contributed by atoms with Gasteiger partial charge in [0.15, 0.2) is 0 Å². The molecule has 0 bridgehead atoms. The van der Waals surface area contributed by atoms with Crippen molar-refractivity contribution in [1.82, 2.24) is 14.5 Å². The Hall–Kier alpha value is -3.66. The lowest BCUT2D eigenvalue weighted by Crippen LogP contribution is -2.44. The summed E-state index contributed by atoms with van der Waals surface area (Å²) in [5.41, 5.74) is 4.10. The molecule has 0 radical (unpaired) electrons. The van der Waals surface area contributed by atoms with Gasteiger partial charge in [0.25, 0.3) is 0 Å². The van der Waals surface area contributed by atoms with Crippen molar-refractivity contribution in [1.29, 1.82) is 0 Å². The van der Waals surface area contributed by atoms with Crippen molar-refractivity contribution in [3.63, 3.8) is 0 Å². The molecule has 2 aliphatic rings. The van der Waals surface area contributed by atoms with Crippen LogP contribution in [0.3, 0.4) is 0 Å². The van der Waals surface area contributed by atoms with Crippen LogP contribution in [0.25, 0.3) is 5.69 Å². The molecule has 0 atom stereocenters. The van der Waals surface area contributed by atoms with E-state index in [0.29, 0.717) is 55.2 Å². The fourth-order valence-corrected chi connectivity index (χ4v) is 7.25. The van der Waals surface area contributed by atoms with E-state index in [1.807, 2.05) is 47.4 Å². The lowest BCUT2D eigenvalue weighted by Gasteiger charge is -2.34. The molecule has 8 nitrogen and oxygen atoms in total. The second-order valence-electron chi connectivity index (χ2n) is 10.5. The van der Waals surface area contributed by atoms with E-state index in [-0.39, 0.29) is 24.0 Å². The smallest absolute Gasteiger partial charge is 0.316 e. The minimum Gasteiger partial charge on any atom is -0.482 e. The van der Waals surface area contributed by atoms with E-state index < -0.39 is 15.3 Å². The molecular formula is C31H31ClN4O4S. The van der Waals surface area contributed by atoms with Crippen LogP contribution in [0.2, 0.25) is 5.02 Å². The van der Waals surface area contributed by atoms with Gasteiger partial charge in [0.1, 0.15) is 11.8 Å². The van der Waals surface area contributed by atoms with Crippen LogP contribution in [-0.4, -0.2) is 42.6 Å². The van der Waals surface area contributed by atoms with Gasteiger partial charge in [-0.05, 0) is 47.7 Å². The molecule has 10 heteroatoms. The Labute approximate surface area is 244 Å². The third-order valence-corrected chi connectivity index (χ3v) is 9.94. The molecular weight excluding hydrogens is 560 g/mol. The third-order valence-electron chi connectivity index (χ3n) is 7.81. The normalized spacial score (nSPS) is 16.1. The number of hydrogen-bond donors (Lipinski definition) is 1. The van der Waals surface area contributed by atoms with Crippen LogP contribution >= 0.6 is 11.6 Å². The zero-order valence-corrected chi connectivity index (χ0v) is 24.0. The van der Waals surface area contributed by atoms with Crippen molar-refractivity contribution in [3.05, 3.63) is 117 Å². The van der Waals surface area contributed by atoms with Crippen molar-refractivity contribution in [2.24, 2.45) is 0 Å². The number of sulfonamides is 1. The Morgan fingerprint density at radius 1 is 0.927 bits per heavy atom. The van der Waals surface area contributed by atoms with Gasteiger partial charge in [-0.3, -0.25) is 4.79 Å². The van der Waals surface area contributed by atoms with Gasteiger partial charge in [0, 0.05) is 37.5 Å². The Bertz CT molecular complexity index is 1680. The predicted octanol–water partition coefficient (Wildman–Crippen LogP) is 4.52. The molecule has 1 fully saturated rings. The second kappa shape index (κ2) is 11.7. The number of ether oxygens (including phenoxy) is 1. The number of anilines is 1. The molecule has 0 unspecified atom stereocenters. The second-order valence-corrected chi connectivity index (χ2v) is 13.0. The van der Waals surface area contributed by atoms with Crippen LogP contribution < -0.4 is 19.9 Å². The average Bonchev–Trinajstić information content (AvgIpc) is 3.40. The highest BCUT2D eigenvalue weighted by Crippen LogP contribution is 2.32. The zero-order chi connectivity index (χ0) is 28.4. The van der Waals surface area contributed by atoms with Crippen molar-refractivity contribution in [2.45, 2.75) is 43.6 Å². The van der Waals surface area contributed by atoms with E-state index in [1.165, 1.54) is 15.8 Å². The van der Waals surface area contributed by atoms with Crippen LogP contribution in [0.4, 0.5) is 5.69 Å². The fraction of sp³-hybridized carbons (Fsp3) is 0.290. The number of nitrogens with one attached hydrogen (secondary N) is 1. The van der Waals surface area contributed by atoms with Gasteiger partial charge >= 0.3 is 5.56 Å². The van der Waals surface area contributed by atoms with Crippen LogP contribution in [0.1, 0.15) is 29.5 Å². The molecule has 3 aromatic carbocycles. The third kappa shape index (κ3) is 6.02. The summed E-state index contributed by atoms with van der Waals surface area (Å²) in [5, 5.41) is 4.44. The molecule has 6 rings (SSSR count). The molecule has 1 N–H and O–H groups in total. The highest BCUT2D eigenvalue weighted by Gasteiger charge is 2.33. The number of fused-ring (bicyclic) bond motifs is 1. The van der Waals surface area contributed by atoms with Crippen molar-refractivity contribution in [2.75, 3.05) is 18.0 Å². The summed E-state index contributed by atoms with van der Waals surface area (Å²) < 4.78 is 36.7. The largest absolute Gasteiger partial charge is 0.482 e. The molecule has 2 heterocycles. The molecule has 212 valence electrons. The minimum absolute atomic E-state index is 0.186. The summed E-state index contributed by atoms with van der Waals surface area (Å²) in [6, 6.07) is 24.6. The summed E-state index contributed by atoms with van der Waals surface area (Å²) in [6.07, 6.45) is 3.73. The van der Waals surface area contributed by atoms with Crippen molar-refractivity contribution >= 4 is 27.3 Å². The lowest BCUT2D eigenvalue weighted by atomic mass is 10.1. The van der Waals surface area contributed by atoms with Gasteiger partial charge in [-0.25, -0.2) is 13.1 Å². The Morgan fingerprint density at radius 3 is 2.29 bits per heavy atom. The van der Waals surface area contributed by atoms with Crippen molar-refractivity contribution in [3.8, 4) is 11.4 Å². The first-order valence-corrected chi connectivity index (χ1v) is 15.7. The van der Waals surface area contributed by atoms with E-state index in [4.69, 9.17) is 16.3 Å². The number of nitrogens with zero attached hydrogens (tertiary/aromatic N) is 3. The number of hydrogen-bond acceptors (Lipinski definition) is 6. The van der Waals surface area contributed by atoms with E-state index in [1.54, 1.807) is 30.5 Å². The Balaban J connectivity index is 1.23. The fourth-order valence-electron chi connectivity index (χ4n) is 5.63. The number of rotatable bonds is 8. The first-order valence-electron chi connectivity index (χ1n) is 13.8. The summed E-state index contributed by atoms with van der Waals surface area (Å²) in [6.45, 7) is 1.18. The molecule has 1 saturated heterocycles. The van der Waals surface area contributed by atoms with Crippen LogP contribution in [0.15, 0.2) is 89.9 Å². The van der Waals surface area contributed by atoms with E-state index in [0.717, 1.165) is 5.56 Å². The van der Waals surface area contributed by atoms with Gasteiger partial charge in [0.05, 0.1) is 17.1 Å². The number of aromatic nitrogens is 2. The molecule has 1 aliphatic heterocycles. The molecule has 4 aromatic rings. The maximum atomic E-state index is 13.8. The summed E-state index contributed by atoms with van der Waals surface area (Å²) in [7, 11) is -3.50. The molecule has 0 amide bonds. The Morgan fingerprint density at radius 2 is 1.61 bits per heavy atom. The first-order chi connectivity index (χ1) is 19.9. The molecule has 0 spiro atoms. The van der Waals surface area contributed by atoms with Crippen LogP contribution in [0, 0.1) is 0 Å². The van der Waals surface area contributed by atoms with E-state index in [2.05, 4.69) is 22.0 Å². The van der Waals surface area contributed by atoms with E-state index >= 15 is 0 Å². The Kier molecular flexibility index (Phi) is 7.84. The number of benzene rings is 3. The summed E-state index contributed by atoms with van der Waals surface area (Å²) in [5.74, 6) is 0.223. The highest BCUT2D eigenvalue weighted by molar-refractivity contribution is 7.90. The van der Waals surface area contributed by atoms with Gasteiger partial charge in [-0.1, -0.05) is 72.3 Å². The number of halogens is 1. The van der Waals surface area contributed by atoms with Gasteiger partial charge in [-0.15, -0.1) is 0 Å². The topological polar surface area (TPSA) is 93.5 Å². The quantitative estimate of drug-likeness (QED) is 0.324. The van der Waals surface area contributed by atoms with Crippen LogP contribution in [0.5, 0.6) is 5.75 Å². The maximum Gasteiger partial charge on any atom is 0.316 e. The van der Waals surface area contributed by atoms with Gasteiger partial charge in [-0.2, -0.15) is 9.78 Å². The highest BCUT2D eigenvalue weighted by atomic mass is 35.5. The molecule has 1 aromatic heterocycles. The minimum atomic E-state index is -3.50. The van der Waals surface area contributed by atoms with Gasteiger partial charge in [0.2, 0.25) is 15.8 Å². The van der Waals surface area contributed by atoms with E-state index in [9.17, 15) is 13.2 Å². The monoisotopic (exact) mass is 590 g/mol. The first kappa shape index (κ1) is 27.5. The van der Waals surface area contributed by atoms with Crippen molar-refractivity contribution < 1.29 is 13.2 Å². The summed E-state index contributed by atoms with van der Waals surface area (Å²) in [4.78, 5) is 15.9. The maximum absolute atomic E-state index is 13.8. The lowest BCUT2D eigenvalue weighted by molar-refractivity contribution is 0.209. The molecule has 41 heavy (non-hydrogen) atoms. The number of piperidine rings is 1. The predicted molar refractivity (Wildman–Crippen MR) is 161 cm³/mol. The molecule has 0 saturated carbocycles. The SMILES string of the molecule is O=c1c(OC2Cc3ccccc3C2)c(N2CCC(S(=O)(=O)NCc3ccccc3)CC2)cnn1-c1cccc(Cl)c1. The zero-order valence-electron chi connectivity index (χ0n) is 22.4. The standard InChI is InChI=1S/C31H31ClN4O4S/c32-25-11-6-12-26(19-25)36-31(37)30(40-27-17-23-9-4-5-10-24(23)18-27)29(21-33-36)35-15-13-28(14-16-35)41(38,39)34-20-22-7-2-1-3-8-22/h1-12,19,21,27-28,34H,13-18,20H2. The van der Waals surface area contributed by atoms with Gasteiger partial charge < -0.3 is 9.64 Å². The van der Waals surface area contributed by atoms with Crippen LogP contribution in [-0.2, 0) is 29.4 Å².